The topological polar surface area (TPSA) is 107 Å². The number of rotatable bonds is 2. The smallest absolute Gasteiger partial charge is 0.0270 e. The summed E-state index contributed by atoms with van der Waals surface area (Å²) < 4.78 is 28.6. The van der Waals surface area contributed by atoms with E-state index in [0.29, 0.717) is 0 Å². The molecule has 0 saturated heterocycles. The van der Waals surface area contributed by atoms with Crippen LogP contribution in [0, 0.1) is 6.92 Å². The summed E-state index contributed by atoms with van der Waals surface area (Å²) in [7, 11) is 0. The quantitative estimate of drug-likeness (QED) is 0.445. The van der Waals surface area contributed by atoms with Crippen molar-refractivity contribution in [2.45, 2.75) is 33.1 Å². The summed E-state index contributed by atoms with van der Waals surface area (Å²) >= 11 is -4.98. The maximum atomic E-state index is 10.9. The predicted molar refractivity (Wildman–Crippen MR) is 96.1 cm³/mol. The van der Waals surface area contributed by atoms with E-state index in [1.807, 2.05) is 0 Å². The third-order valence-corrected chi connectivity index (χ3v) is 6.00. The number of carbonyl (C=O) groups excluding carboxylic acids is 1. The molecular weight excluding hydrogens is 385 g/mol. The average molecular weight is 407 g/mol. The van der Waals surface area contributed by atoms with Gasteiger partial charge in [-0.2, -0.15) is 0 Å². The maximum Gasteiger partial charge on any atom is -0.0270 e. The molecule has 0 unspecified atom stereocenters. The van der Waals surface area contributed by atoms with Gasteiger partial charge >= 0.3 is 88.1 Å². The van der Waals surface area contributed by atoms with Crippen LogP contribution >= 0.6 is 0 Å². The average Bonchev–Trinajstić information content (AvgIpc) is 2.98. The van der Waals surface area contributed by atoms with Crippen LogP contribution in [0.4, 0.5) is 5.69 Å². The Hall–Kier alpha value is -2.01. The van der Waals surface area contributed by atoms with Crippen molar-refractivity contribution in [2.24, 2.45) is 0 Å². The number of nitrogens with one attached hydrogen (secondary N) is 1. The summed E-state index contributed by atoms with van der Waals surface area (Å²) in [5, 5.41) is 11.6. The minimum atomic E-state index is -4.98. The number of aryl methyl sites for hydroxylation is 2. The van der Waals surface area contributed by atoms with Gasteiger partial charge in [0.1, 0.15) is 0 Å². The van der Waals surface area contributed by atoms with Crippen LogP contribution < -0.4 is 9.67 Å². The van der Waals surface area contributed by atoms with Gasteiger partial charge in [0.2, 0.25) is 0 Å². The Morgan fingerprint density at radius 1 is 1.16 bits per heavy atom. The summed E-state index contributed by atoms with van der Waals surface area (Å²) in [5.74, 6) is -0.668. The Morgan fingerprint density at radius 3 is 2.48 bits per heavy atom. The molecule has 0 spiro atoms. The van der Waals surface area contributed by atoms with Gasteiger partial charge in [-0.15, -0.1) is 0 Å². The van der Waals surface area contributed by atoms with Crippen molar-refractivity contribution >= 4 is 30.1 Å². The van der Waals surface area contributed by atoms with Crippen molar-refractivity contribution in [3.05, 3.63) is 53.1 Å². The van der Waals surface area contributed by atoms with Crippen LogP contribution in [0.3, 0.4) is 0 Å². The zero-order valence-corrected chi connectivity index (χ0v) is 16.1. The SMILES string of the molecule is CC(=O)Nc1cc([As](=O)(O)O)ccc1O.Cc1cccc2c1CCC2. The van der Waals surface area contributed by atoms with E-state index in [1.165, 1.54) is 31.7 Å². The third-order valence-electron chi connectivity index (χ3n) is 4.01. The minimum Gasteiger partial charge on any atom is -0.0617 e. The largest absolute Gasteiger partial charge is 0.0617 e. The molecule has 1 aliphatic carbocycles. The molecule has 134 valence electrons. The second-order valence-corrected chi connectivity index (χ2v) is 9.36. The van der Waals surface area contributed by atoms with Crippen molar-refractivity contribution in [3.63, 3.8) is 0 Å². The number of phenols is 1. The van der Waals surface area contributed by atoms with Gasteiger partial charge < -0.3 is 0 Å². The number of phenolic OH excluding ortho intramolecular Hbond substituents is 1. The summed E-state index contributed by atoms with van der Waals surface area (Å²) in [4.78, 5) is 10.7. The van der Waals surface area contributed by atoms with Crippen LogP contribution in [0.2, 0.25) is 0 Å². The molecule has 0 atom stereocenters. The van der Waals surface area contributed by atoms with Crippen LogP contribution in [0.5, 0.6) is 5.75 Å². The number of benzene rings is 2. The molecule has 0 heterocycles. The van der Waals surface area contributed by atoms with Gasteiger partial charge in [-0.05, 0) is 42.9 Å². The van der Waals surface area contributed by atoms with E-state index in [9.17, 15) is 13.6 Å². The molecule has 7 heteroatoms. The molecule has 2 aromatic rings. The van der Waals surface area contributed by atoms with E-state index >= 15 is 0 Å². The fourth-order valence-electron chi connectivity index (χ4n) is 2.81. The molecule has 2 aromatic carbocycles. The van der Waals surface area contributed by atoms with E-state index < -0.39 is 20.1 Å². The molecule has 4 N–H and O–H groups in total. The Kier molecular flexibility index (Phi) is 6.11. The predicted octanol–water partition coefficient (Wildman–Crippen LogP) is 1.40. The molecule has 6 nitrogen and oxygen atoms in total. The van der Waals surface area contributed by atoms with Crippen molar-refractivity contribution in [1.29, 1.82) is 0 Å². The number of carbonyl (C=O) groups is 1. The molecule has 25 heavy (non-hydrogen) atoms. The third kappa shape index (κ3) is 5.23. The van der Waals surface area contributed by atoms with Crippen LogP contribution in [0.15, 0.2) is 36.4 Å². The van der Waals surface area contributed by atoms with Gasteiger partial charge in [0, 0.05) is 0 Å². The van der Waals surface area contributed by atoms with Gasteiger partial charge in [0.25, 0.3) is 0 Å². The Bertz CT molecular complexity index is 828. The Morgan fingerprint density at radius 2 is 1.88 bits per heavy atom. The standard InChI is InChI=1S/C10H12.C8H10AsNO5/c1-8-4-2-5-9-6-3-7-10(8)9;1-5(11)10-7-4-6(9(13,14)15)2-3-8(7)12/h2,4-5H,3,6-7H2,1H3;2-4,12H,1H3,(H,10,11)(H2,13,14,15). The van der Waals surface area contributed by atoms with E-state index in [4.69, 9.17) is 8.19 Å². The van der Waals surface area contributed by atoms with Gasteiger partial charge in [-0.3, -0.25) is 0 Å². The first kappa shape index (κ1) is 19.3. The minimum absolute atomic E-state index is 0.00951. The fourth-order valence-corrected chi connectivity index (χ4v) is 3.99. The molecule has 0 fully saturated rings. The number of anilines is 1. The molecule has 0 saturated carbocycles. The summed E-state index contributed by atoms with van der Waals surface area (Å²) in [5.41, 5.74) is 4.67. The van der Waals surface area contributed by atoms with E-state index in [0.717, 1.165) is 18.2 Å². The zero-order valence-electron chi connectivity index (χ0n) is 14.2. The molecule has 1 amide bonds. The molecule has 0 aromatic heterocycles. The Balaban J connectivity index is 0.000000194. The molecular formula is C18H22AsNO5. The van der Waals surface area contributed by atoms with Crippen molar-refractivity contribution in [3.8, 4) is 5.75 Å². The van der Waals surface area contributed by atoms with Crippen molar-refractivity contribution in [2.75, 3.05) is 5.32 Å². The van der Waals surface area contributed by atoms with Gasteiger partial charge in [-0.25, -0.2) is 0 Å². The first-order valence-electron chi connectivity index (χ1n) is 7.92. The number of amides is 1. The molecule has 0 bridgehead atoms. The van der Waals surface area contributed by atoms with Gasteiger partial charge in [0.15, 0.2) is 0 Å². The molecule has 1 aliphatic rings. The van der Waals surface area contributed by atoms with Crippen LogP contribution in [-0.4, -0.2) is 33.4 Å². The zero-order chi connectivity index (χ0) is 18.6. The first-order valence-corrected chi connectivity index (χ1v) is 11.3. The number of hydrogen-bond donors (Lipinski definition) is 4. The van der Waals surface area contributed by atoms with E-state index in [-0.39, 0.29) is 15.8 Å². The molecule has 0 aliphatic heterocycles. The van der Waals surface area contributed by atoms with Gasteiger partial charge in [-0.1, -0.05) is 18.2 Å². The number of aromatic hydroxyl groups is 1. The van der Waals surface area contributed by atoms with Crippen molar-refractivity contribution in [1.82, 2.24) is 0 Å². The summed E-state index contributed by atoms with van der Waals surface area (Å²) in [6, 6.07) is 9.96. The first-order chi connectivity index (χ1) is 11.7. The number of hydrogen-bond acceptors (Lipinski definition) is 3. The number of fused-ring (bicyclic) bond motifs is 1. The maximum absolute atomic E-state index is 10.9. The molecule has 0 radical (unpaired) electrons. The molecule has 3 rings (SSSR count). The van der Waals surface area contributed by atoms with Gasteiger partial charge in [0.05, 0.1) is 0 Å². The van der Waals surface area contributed by atoms with Crippen LogP contribution in [-0.2, 0) is 21.4 Å². The summed E-state index contributed by atoms with van der Waals surface area (Å²) in [6.07, 6.45) is 3.97. The monoisotopic (exact) mass is 407 g/mol. The van der Waals surface area contributed by atoms with Crippen LogP contribution in [0.25, 0.3) is 0 Å². The summed E-state index contributed by atoms with van der Waals surface area (Å²) in [6.45, 7) is 3.44. The Labute approximate surface area is 149 Å². The van der Waals surface area contributed by atoms with Crippen molar-refractivity contribution < 1.29 is 21.8 Å². The van der Waals surface area contributed by atoms with E-state index in [2.05, 4.69) is 30.4 Å². The normalized spacial score (nSPS) is 12.8. The fraction of sp³-hybridized carbons (Fsp3) is 0.278. The van der Waals surface area contributed by atoms with E-state index in [1.54, 1.807) is 11.1 Å². The second-order valence-electron chi connectivity index (χ2n) is 5.99. The van der Waals surface area contributed by atoms with Crippen LogP contribution in [0.1, 0.15) is 30.0 Å². The second kappa shape index (κ2) is 7.91.